The molecule has 1 aromatic rings. The van der Waals surface area contributed by atoms with E-state index < -0.39 is 0 Å². The highest BCUT2D eigenvalue weighted by Crippen LogP contribution is 2.22. The molecule has 2 rings (SSSR count). The minimum Gasteiger partial charge on any atom is -0.312 e. The van der Waals surface area contributed by atoms with E-state index in [1.165, 1.54) is 38.0 Å². The lowest BCUT2D eigenvalue weighted by Crippen LogP contribution is -2.42. The van der Waals surface area contributed by atoms with Gasteiger partial charge in [-0.3, -0.25) is 0 Å². The molecular weight excluding hydrogens is 244 g/mol. The van der Waals surface area contributed by atoms with Crippen molar-refractivity contribution in [1.82, 2.24) is 10.2 Å². The van der Waals surface area contributed by atoms with Crippen LogP contribution in [0.15, 0.2) is 30.3 Å². The Morgan fingerprint density at radius 1 is 1.25 bits per heavy atom. The lowest BCUT2D eigenvalue weighted by Gasteiger charge is -2.32. The van der Waals surface area contributed by atoms with Gasteiger partial charge in [-0.15, -0.1) is 0 Å². The van der Waals surface area contributed by atoms with E-state index in [0.29, 0.717) is 11.5 Å². The molecule has 1 aromatic carbocycles. The van der Waals surface area contributed by atoms with Gasteiger partial charge in [0.05, 0.1) is 0 Å². The van der Waals surface area contributed by atoms with Crippen molar-refractivity contribution in [2.75, 3.05) is 26.2 Å². The van der Waals surface area contributed by atoms with Gasteiger partial charge in [0.1, 0.15) is 0 Å². The van der Waals surface area contributed by atoms with Gasteiger partial charge in [0, 0.05) is 19.1 Å². The Kier molecular flexibility index (Phi) is 5.62. The minimum atomic E-state index is 0.432. The Hall–Kier alpha value is -0.860. The highest BCUT2D eigenvalue weighted by molar-refractivity contribution is 5.16. The topological polar surface area (TPSA) is 15.3 Å². The van der Waals surface area contributed by atoms with Crippen LogP contribution in [0.2, 0.25) is 0 Å². The second-order valence-electron chi connectivity index (χ2n) is 6.95. The molecule has 112 valence electrons. The number of hydrogen-bond acceptors (Lipinski definition) is 2. The van der Waals surface area contributed by atoms with Crippen LogP contribution in [-0.2, 0) is 6.42 Å². The van der Waals surface area contributed by atoms with Gasteiger partial charge in [0.15, 0.2) is 0 Å². The van der Waals surface area contributed by atoms with E-state index in [1.807, 2.05) is 0 Å². The summed E-state index contributed by atoms with van der Waals surface area (Å²) in [6.45, 7) is 11.9. The van der Waals surface area contributed by atoms with Gasteiger partial charge in [0.2, 0.25) is 0 Å². The minimum absolute atomic E-state index is 0.432. The number of nitrogens with one attached hydrogen (secondary N) is 1. The molecule has 1 aliphatic heterocycles. The largest absolute Gasteiger partial charge is 0.312 e. The first-order valence-corrected chi connectivity index (χ1v) is 8.09. The van der Waals surface area contributed by atoms with Crippen LogP contribution >= 0.6 is 0 Å². The first-order chi connectivity index (χ1) is 9.59. The third-order valence-corrected chi connectivity index (χ3v) is 4.50. The average molecular weight is 274 g/mol. The molecule has 0 amide bonds. The molecule has 2 heteroatoms. The summed E-state index contributed by atoms with van der Waals surface area (Å²) in [4.78, 5) is 2.66. The zero-order valence-electron chi connectivity index (χ0n) is 13.4. The standard InChI is InChI=1S/C18H30N2/c1-4-18(2,3)15-20-12-8-11-19-17(14-20)13-16-9-6-5-7-10-16/h5-7,9-10,17,19H,4,8,11-15H2,1-3H3. The maximum Gasteiger partial charge on any atom is 0.0235 e. The second-order valence-corrected chi connectivity index (χ2v) is 6.95. The van der Waals surface area contributed by atoms with Crippen LogP contribution in [0.3, 0.4) is 0 Å². The van der Waals surface area contributed by atoms with Crippen LogP contribution in [0.25, 0.3) is 0 Å². The quantitative estimate of drug-likeness (QED) is 0.886. The van der Waals surface area contributed by atoms with E-state index in [0.717, 1.165) is 13.0 Å². The van der Waals surface area contributed by atoms with Crippen molar-refractivity contribution < 1.29 is 0 Å². The molecule has 1 aliphatic rings. The van der Waals surface area contributed by atoms with Crippen molar-refractivity contribution in [2.24, 2.45) is 5.41 Å². The van der Waals surface area contributed by atoms with E-state index >= 15 is 0 Å². The highest BCUT2D eigenvalue weighted by Gasteiger charge is 2.23. The molecule has 0 spiro atoms. The Labute approximate surface area is 124 Å². The van der Waals surface area contributed by atoms with Crippen LogP contribution in [0.1, 0.15) is 39.2 Å². The lowest BCUT2D eigenvalue weighted by molar-refractivity contribution is 0.171. The molecular formula is C18H30N2. The lowest BCUT2D eigenvalue weighted by atomic mass is 9.89. The van der Waals surface area contributed by atoms with E-state index in [2.05, 4.69) is 61.3 Å². The highest BCUT2D eigenvalue weighted by atomic mass is 15.2. The van der Waals surface area contributed by atoms with Gasteiger partial charge in [-0.05, 0) is 43.3 Å². The summed E-state index contributed by atoms with van der Waals surface area (Å²) in [7, 11) is 0. The third kappa shape index (κ3) is 4.92. The molecule has 20 heavy (non-hydrogen) atoms. The fourth-order valence-corrected chi connectivity index (χ4v) is 2.97. The summed E-state index contributed by atoms with van der Waals surface area (Å²) < 4.78 is 0. The van der Waals surface area contributed by atoms with Crippen LogP contribution in [0.5, 0.6) is 0 Å². The van der Waals surface area contributed by atoms with E-state index in [9.17, 15) is 0 Å². The number of rotatable bonds is 5. The maximum atomic E-state index is 3.72. The molecule has 1 heterocycles. The zero-order valence-corrected chi connectivity index (χ0v) is 13.4. The van der Waals surface area contributed by atoms with Crippen molar-refractivity contribution in [2.45, 2.75) is 46.1 Å². The second kappa shape index (κ2) is 7.24. The van der Waals surface area contributed by atoms with Crippen LogP contribution in [-0.4, -0.2) is 37.1 Å². The summed E-state index contributed by atoms with van der Waals surface area (Å²) in [6.07, 6.45) is 3.66. The molecule has 0 saturated carbocycles. The van der Waals surface area contributed by atoms with Gasteiger partial charge in [-0.1, -0.05) is 51.1 Å². The van der Waals surface area contributed by atoms with Gasteiger partial charge in [-0.2, -0.15) is 0 Å². The number of hydrogen-bond donors (Lipinski definition) is 1. The Morgan fingerprint density at radius 2 is 2.00 bits per heavy atom. The van der Waals surface area contributed by atoms with Crippen molar-refractivity contribution >= 4 is 0 Å². The third-order valence-electron chi connectivity index (χ3n) is 4.50. The van der Waals surface area contributed by atoms with Crippen LogP contribution in [0.4, 0.5) is 0 Å². The van der Waals surface area contributed by atoms with E-state index in [1.54, 1.807) is 0 Å². The molecule has 2 nitrogen and oxygen atoms in total. The molecule has 1 fully saturated rings. The first kappa shape index (κ1) is 15.5. The predicted molar refractivity (Wildman–Crippen MR) is 87.1 cm³/mol. The van der Waals surface area contributed by atoms with Crippen molar-refractivity contribution in [3.05, 3.63) is 35.9 Å². The van der Waals surface area contributed by atoms with Crippen LogP contribution in [0, 0.1) is 5.41 Å². The predicted octanol–water partition coefficient (Wildman–Crippen LogP) is 3.33. The summed E-state index contributed by atoms with van der Waals surface area (Å²) in [5.41, 5.74) is 1.88. The molecule has 0 aromatic heterocycles. The zero-order chi connectivity index (χ0) is 14.4. The summed E-state index contributed by atoms with van der Waals surface area (Å²) >= 11 is 0. The fraction of sp³-hybridized carbons (Fsp3) is 0.667. The monoisotopic (exact) mass is 274 g/mol. The molecule has 0 aliphatic carbocycles. The first-order valence-electron chi connectivity index (χ1n) is 8.09. The van der Waals surface area contributed by atoms with Crippen molar-refractivity contribution in [3.63, 3.8) is 0 Å². The number of benzene rings is 1. The summed E-state index contributed by atoms with van der Waals surface area (Å²) in [5, 5.41) is 3.72. The van der Waals surface area contributed by atoms with Gasteiger partial charge < -0.3 is 10.2 Å². The van der Waals surface area contributed by atoms with Gasteiger partial charge in [-0.25, -0.2) is 0 Å². The Morgan fingerprint density at radius 3 is 2.70 bits per heavy atom. The molecule has 1 saturated heterocycles. The smallest absolute Gasteiger partial charge is 0.0235 e. The summed E-state index contributed by atoms with van der Waals surface area (Å²) in [6, 6.07) is 11.5. The van der Waals surface area contributed by atoms with Crippen molar-refractivity contribution in [1.29, 1.82) is 0 Å². The van der Waals surface area contributed by atoms with E-state index in [-0.39, 0.29) is 0 Å². The molecule has 0 radical (unpaired) electrons. The molecule has 0 bridgehead atoms. The average Bonchev–Trinajstić information content (AvgIpc) is 2.64. The van der Waals surface area contributed by atoms with E-state index in [4.69, 9.17) is 0 Å². The van der Waals surface area contributed by atoms with Gasteiger partial charge in [0.25, 0.3) is 0 Å². The summed E-state index contributed by atoms with van der Waals surface area (Å²) in [5.74, 6) is 0. The molecule has 1 unspecified atom stereocenters. The van der Waals surface area contributed by atoms with Gasteiger partial charge >= 0.3 is 0 Å². The fourth-order valence-electron chi connectivity index (χ4n) is 2.97. The maximum absolute atomic E-state index is 3.72. The molecule has 1 N–H and O–H groups in total. The Balaban J connectivity index is 1.93. The Bertz CT molecular complexity index is 386. The normalized spacial score (nSPS) is 21.6. The van der Waals surface area contributed by atoms with Crippen LogP contribution < -0.4 is 5.32 Å². The van der Waals surface area contributed by atoms with Crippen molar-refractivity contribution in [3.8, 4) is 0 Å². The SMILES string of the molecule is CCC(C)(C)CN1CCCNC(Cc2ccccc2)C1. The number of nitrogens with zero attached hydrogens (tertiary/aromatic N) is 1. The molecule has 1 atom stereocenters.